The third kappa shape index (κ3) is 4.21. The van der Waals surface area contributed by atoms with Crippen LogP contribution in [0.3, 0.4) is 0 Å². The summed E-state index contributed by atoms with van der Waals surface area (Å²) in [6.07, 6.45) is 1.57. The maximum absolute atomic E-state index is 5.91. The summed E-state index contributed by atoms with van der Waals surface area (Å²) >= 11 is 0. The third-order valence-corrected chi connectivity index (χ3v) is 4.24. The molecule has 1 fully saturated rings. The Morgan fingerprint density at radius 2 is 1.88 bits per heavy atom. The van der Waals surface area contributed by atoms with Gasteiger partial charge in [0.25, 0.3) is 0 Å². The van der Waals surface area contributed by atoms with E-state index in [0.717, 1.165) is 56.5 Å². The molecule has 2 aromatic rings. The van der Waals surface area contributed by atoms with Crippen LogP contribution < -0.4 is 9.64 Å². The maximum atomic E-state index is 5.91. The van der Waals surface area contributed by atoms with Crippen LogP contribution in [0.25, 0.3) is 0 Å². The number of methoxy groups -OCH3 is 1. The number of para-hydroxylation sites is 1. The predicted molar refractivity (Wildman–Crippen MR) is 93.8 cm³/mol. The second kappa shape index (κ2) is 8.08. The fourth-order valence-electron chi connectivity index (χ4n) is 2.76. The van der Waals surface area contributed by atoms with E-state index in [1.165, 1.54) is 0 Å². The van der Waals surface area contributed by atoms with Crippen LogP contribution in [0.5, 0.6) is 11.6 Å². The van der Waals surface area contributed by atoms with Crippen LogP contribution in [0.4, 0.5) is 5.82 Å². The largest absolute Gasteiger partial charge is 0.439 e. The van der Waals surface area contributed by atoms with E-state index in [2.05, 4.69) is 19.8 Å². The molecule has 1 aliphatic rings. The van der Waals surface area contributed by atoms with Crippen molar-refractivity contribution in [2.75, 3.05) is 51.3 Å². The van der Waals surface area contributed by atoms with E-state index in [4.69, 9.17) is 9.47 Å². The zero-order valence-corrected chi connectivity index (χ0v) is 14.3. The fourth-order valence-corrected chi connectivity index (χ4v) is 2.76. The first-order valence-electron chi connectivity index (χ1n) is 8.28. The van der Waals surface area contributed by atoms with Gasteiger partial charge in [0.15, 0.2) is 0 Å². The SMILES string of the molecule is COCCN1CCN(c2cc(Oc3ccccc3C)ncn2)CC1. The Morgan fingerprint density at radius 1 is 1.08 bits per heavy atom. The Bertz CT molecular complexity index is 657. The van der Waals surface area contributed by atoms with E-state index in [1.54, 1.807) is 13.4 Å². The van der Waals surface area contributed by atoms with Crippen LogP contribution in [0, 0.1) is 6.92 Å². The summed E-state index contributed by atoms with van der Waals surface area (Å²) in [5.41, 5.74) is 1.09. The molecule has 0 N–H and O–H groups in total. The summed E-state index contributed by atoms with van der Waals surface area (Å²) in [7, 11) is 1.74. The molecule has 0 amide bonds. The molecule has 1 aromatic carbocycles. The second-order valence-electron chi connectivity index (χ2n) is 5.90. The summed E-state index contributed by atoms with van der Waals surface area (Å²) in [4.78, 5) is 13.3. The van der Waals surface area contributed by atoms with E-state index < -0.39 is 0 Å². The molecule has 24 heavy (non-hydrogen) atoms. The average molecular weight is 328 g/mol. The number of hydrogen-bond donors (Lipinski definition) is 0. The van der Waals surface area contributed by atoms with Gasteiger partial charge in [0.1, 0.15) is 17.9 Å². The van der Waals surface area contributed by atoms with Crippen LogP contribution >= 0.6 is 0 Å². The molecule has 0 unspecified atom stereocenters. The van der Waals surface area contributed by atoms with Crippen molar-refractivity contribution in [3.8, 4) is 11.6 Å². The monoisotopic (exact) mass is 328 g/mol. The topological polar surface area (TPSA) is 50.7 Å². The molecule has 0 aliphatic carbocycles. The van der Waals surface area contributed by atoms with Crippen molar-refractivity contribution in [1.29, 1.82) is 0 Å². The van der Waals surface area contributed by atoms with Crippen molar-refractivity contribution in [3.63, 3.8) is 0 Å². The highest BCUT2D eigenvalue weighted by molar-refractivity contribution is 5.43. The van der Waals surface area contributed by atoms with Gasteiger partial charge < -0.3 is 14.4 Å². The van der Waals surface area contributed by atoms with Crippen molar-refractivity contribution in [3.05, 3.63) is 42.2 Å². The van der Waals surface area contributed by atoms with Gasteiger partial charge in [-0.25, -0.2) is 9.97 Å². The normalized spacial score (nSPS) is 15.5. The molecule has 0 radical (unpaired) electrons. The van der Waals surface area contributed by atoms with Crippen LogP contribution in [-0.4, -0.2) is 61.3 Å². The molecule has 0 spiro atoms. The minimum Gasteiger partial charge on any atom is -0.439 e. The van der Waals surface area contributed by atoms with Gasteiger partial charge in [0, 0.05) is 45.9 Å². The van der Waals surface area contributed by atoms with Crippen molar-refractivity contribution < 1.29 is 9.47 Å². The van der Waals surface area contributed by atoms with Crippen molar-refractivity contribution in [2.45, 2.75) is 6.92 Å². The molecule has 1 aromatic heterocycles. The first-order valence-corrected chi connectivity index (χ1v) is 8.28. The molecule has 128 valence electrons. The fraction of sp³-hybridized carbons (Fsp3) is 0.444. The molecule has 0 atom stereocenters. The van der Waals surface area contributed by atoms with Gasteiger partial charge in [-0.15, -0.1) is 0 Å². The average Bonchev–Trinajstić information content (AvgIpc) is 2.63. The highest BCUT2D eigenvalue weighted by atomic mass is 16.5. The van der Waals surface area contributed by atoms with Gasteiger partial charge in [-0.1, -0.05) is 18.2 Å². The molecule has 3 rings (SSSR count). The lowest BCUT2D eigenvalue weighted by Crippen LogP contribution is -2.47. The lowest BCUT2D eigenvalue weighted by atomic mass is 10.2. The van der Waals surface area contributed by atoms with E-state index in [-0.39, 0.29) is 0 Å². The summed E-state index contributed by atoms with van der Waals surface area (Å²) in [6, 6.07) is 9.85. The third-order valence-electron chi connectivity index (χ3n) is 4.24. The molecule has 0 saturated carbocycles. The number of aromatic nitrogens is 2. The first kappa shape index (κ1) is 16.7. The van der Waals surface area contributed by atoms with Gasteiger partial charge in [-0.05, 0) is 18.6 Å². The van der Waals surface area contributed by atoms with Gasteiger partial charge in [-0.2, -0.15) is 0 Å². The van der Waals surface area contributed by atoms with Gasteiger partial charge in [0.2, 0.25) is 5.88 Å². The molecule has 6 nitrogen and oxygen atoms in total. The van der Waals surface area contributed by atoms with Crippen molar-refractivity contribution in [2.24, 2.45) is 0 Å². The molecule has 2 heterocycles. The van der Waals surface area contributed by atoms with Gasteiger partial charge in [-0.3, -0.25) is 4.90 Å². The zero-order chi connectivity index (χ0) is 16.8. The Labute approximate surface area is 143 Å². The minimum absolute atomic E-state index is 0.580. The van der Waals surface area contributed by atoms with Crippen LogP contribution in [0.15, 0.2) is 36.7 Å². The van der Waals surface area contributed by atoms with Crippen molar-refractivity contribution >= 4 is 5.82 Å². The second-order valence-corrected chi connectivity index (χ2v) is 5.90. The molecule has 6 heteroatoms. The smallest absolute Gasteiger partial charge is 0.224 e. The van der Waals surface area contributed by atoms with E-state index >= 15 is 0 Å². The number of anilines is 1. The maximum Gasteiger partial charge on any atom is 0.224 e. The quantitative estimate of drug-likeness (QED) is 0.811. The highest BCUT2D eigenvalue weighted by Crippen LogP contribution is 2.25. The van der Waals surface area contributed by atoms with Crippen LogP contribution in [-0.2, 0) is 4.74 Å². The van der Waals surface area contributed by atoms with Crippen LogP contribution in [0.2, 0.25) is 0 Å². The number of ether oxygens (including phenoxy) is 2. The summed E-state index contributed by atoms with van der Waals surface area (Å²) < 4.78 is 11.1. The zero-order valence-electron chi connectivity index (χ0n) is 14.3. The Kier molecular flexibility index (Phi) is 5.61. The number of benzene rings is 1. The lowest BCUT2D eigenvalue weighted by Gasteiger charge is -2.35. The molecule has 0 bridgehead atoms. The Balaban J connectivity index is 1.63. The van der Waals surface area contributed by atoms with E-state index in [9.17, 15) is 0 Å². The number of hydrogen-bond acceptors (Lipinski definition) is 6. The Hall–Kier alpha value is -2.18. The number of piperazine rings is 1. The number of rotatable bonds is 6. The van der Waals surface area contributed by atoms with Crippen LogP contribution in [0.1, 0.15) is 5.56 Å². The van der Waals surface area contributed by atoms with Crippen molar-refractivity contribution in [1.82, 2.24) is 14.9 Å². The number of nitrogens with zero attached hydrogens (tertiary/aromatic N) is 4. The predicted octanol–water partition coefficient (Wildman–Crippen LogP) is 2.35. The highest BCUT2D eigenvalue weighted by Gasteiger charge is 2.18. The molecule has 1 aliphatic heterocycles. The molecular weight excluding hydrogens is 304 g/mol. The number of aryl methyl sites for hydroxylation is 1. The summed E-state index contributed by atoms with van der Waals surface area (Å²) in [6.45, 7) is 7.71. The standard InChI is InChI=1S/C18H24N4O2/c1-15-5-3-4-6-16(15)24-18-13-17(19-14-20-18)22-9-7-21(8-10-22)11-12-23-2/h3-6,13-14H,7-12H2,1-2H3. The van der Waals surface area contributed by atoms with E-state index in [1.807, 2.05) is 37.3 Å². The van der Waals surface area contributed by atoms with E-state index in [0.29, 0.717) is 5.88 Å². The lowest BCUT2D eigenvalue weighted by molar-refractivity contribution is 0.144. The summed E-state index contributed by atoms with van der Waals surface area (Å²) in [5.74, 6) is 2.32. The summed E-state index contributed by atoms with van der Waals surface area (Å²) in [5, 5.41) is 0. The Morgan fingerprint density at radius 3 is 2.62 bits per heavy atom. The minimum atomic E-state index is 0.580. The van der Waals surface area contributed by atoms with Gasteiger partial charge in [0.05, 0.1) is 6.61 Å². The molecular formula is C18H24N4O2. The molecule has 1 saturated heterocycles. The first-order chi connectivity index (χ1) is 11.8. The van der Waals surface area contributed by atoms with Gasteiger partial charge >= 0.3 is 0 Å².